The molecule has 1 aliphatic rings. The molecule has 0 atom stereocenters. The molecule has 0 bridgehead atoms. The minimum Gasteiger partial charge on any atom is -0.394 e. The zero-order valence-electron chi connectivity index (χ0n) is 11.2. The van der Waals surface area contributed by atoms with Gasteiger partial charge in [-0.05, 0) is 18.4 Å². The fourth-order valence-corrected chi connectivity index (χ4v) is 2.41. The Morgan fingerprint density at radius 3 is 2.00 bits per heavy atom. The molecule has 1 saturated carbocycles. The van der Waals surface area contributed by atoms with E-state index in [1.165, 1.54) is 5.56 Å². The summed E-state index contributed by atoms with van der Waals surface area (Å²) in [4.78, 5) is 11.3. The molecule has 4 nitrogen and oxygen atoms in total. The van der Waals surface area contributed by atoms with Crippen molar-refractivity contribution >= 4 is 5.78 Å². The van der Waals surface area contributed by atoms with Crippen molar-refractivity contribution in [3.8, 4) is 0 Å². The molecule has 0 saturated heterocycles. The maximum Gasteiger partial charge on any atom is 0.132 e. The van der Waals surface area contributed by atoms with Crippen LogP contribution in [0, 0.1) is 0 Å². The van der Waals surface area contributed by atoms with Crippen molar-refractivity contribution in [3.05, 3.63) is 35.9 Å². The van der Waals surface area contributed by atoms with Gasteiger partial charge in [-0.1, -0.05) is 30.3 Å². The van der Waals surface area contributed by atoms with Crippen LogP contribution in [0.25, 0.3) is 0 Å². The molecule has 19 heavy (non-hydrogen) atoms. The number of nitrogens with two attached hydrogens (primary N) is 1. The highest BCUT2D eigenvalue weighted by molar-refractivity contribution is 5.79. The largest absolute Gasteiger partial charge is 0.394 e. The Hall–Kier alpha value is -1.23. The molecule has 0 aromatic heterocycles. The fourth-order valence-electron chi connectivity index (χ4n) is 2.41. The van der Waals surface area contributed by atoms with Gasteiger partial charge in [0, 0.05) is 24.8 Å². The standard InChI is InChI=1S/C13H17NO.C2H6O2/c14-10-13(8-6-12(15)7-9-13)11-4-2-1-3-5-11;3-1-2-4/h1-5H,6-10,14H2;3-4H,1-2H2. The van der Waals surface area contributed by atoms with Crippen molar-refractivity contribution in [1.82, 2.24) is 0 Å². The van der Waals surface area contributed by atoms with Gasteiger partial charge in [-0.2, -0.15) is 0 Å². The van der Waals surface area contributed by atoms with Crippen LogP contribution in [0.3, 0.4) is 0 Å². The summed E-state index contributed by atoms with van der Waals surface area (Å²) in [7, 11) is 0. The van der Waals surface area contributed by atoms with E-state index < -0.39 is 0 Å². The van der Waals surface area contributed by atoms with Crippen LogP contribution in [0.5, 0.6) is 0 Å². The zero-order chi connectivity index (χ0) is 14.1. The summed E-state index contributed by atoms with van der Waals surface area (Å²) >= 11 is 0. The number of hydrogen-bond acceptors (Lipinski definition) is 4. The van der Waals surface area contributed by atoms with Gasteiger partial charge < -0.3 is 15.9 Å². The number of aliphatic hydroxyl groups excluding tert-OH is 2. The highest BCUT2D eigenvalue weighted by atomic mass is 16.3. The van der Waals surface area contributed by atoms with Crippen LogP contribution < -0.4 is 5.73 Å². The summed E-state index contributed by atoms with van der Waals surface area (Å²) in [5.74, 6) is 0.384. The third-order valence-corrected chi connectivity index (χ3v) is 3.64. The maximum absolute atomic E-state index is 11.3. The van der Waals surface area contributed by atoms with E-state index >= 15 is 0 Å². The van der Waals surface area contributed by atoms with Crippen molar-refractivity contribution in [3.63, 3.8) is 0 Å². The maximum atomic E-state index is 11.3. The van der Waals surface area contributed by atoms with Gasteiger partial charge in [-0.15, -0.1) is 0 Å². The number of carbonyl (C=O) groups is 1. The Kier molecular flexibility index (Phi) is 6.70. The number of ketones is 1. The molecule has 2 rings (SSSR count). The predicted octanol–water partition coefficient (Wildman–Crippen LogP) is 0.997. The summed E-state index contributed by atoms with van der Waals surface area (Å²) in [6.07, 6.45) is 3.19. The van der Waals surface area contributed by atoms with Gasteiger partial charge in [-0.3, -0.25) is 4.79 Å². The first-order chi connectivity index (χ1) is 9.18. The quantitative estimate of drug-likeness (QED) is 0.761. The van der Waals surface area contributed by atoms with E-state index in [0.717, 1.165) is 12.8 Å². The SMILES string of the molecule is NCC1(c2ccccc2)CCC(=O)CC1.OCCO. The minimum atomic E-state index is -0.125. The van der Waals surface area contributed by atoms with Gasteiger partial charge in [0.1, 0.15) is 5.78 Å². The number of Topliss-reactive ketones (excluding diaryl/α,β-unsaturated/α-hetero) is 1. The summed E-state index contributed by atoms with van der Waals surface area (Å²) in [5.41, 5.74) is 7.25. The lowest BCUT2D eigenvalue weighted by molar-refractivity contribution is -0.121. The van der Waals surface area contributed by atoms with Crippen LogP contribution in [0.15, 0.2) is 30.3 Å². The van der Waals surface area contributed by atoms with Crippen LogP contribution in [0.2, 0.25) is 0 Å². The molecule has 4 heteroatoms. The smallest absolute Gasteiger partial charge is 0.132 e. The second kappa shape index (κ2) is 8.04. The fraction of sp³-hybridized carbons (Fsp3) is 0.533. The number of carbonyl (C=O) groups excluding carboxylic acids is 1. The number of aliphatic hydroxyl groups is 2. The molecule has 1 aromatic carbocycles. The molecule has 0 aliphatic heterocycles. The normalized spacial score (nSPS) is 17.5. The summed E-state index contributed by atoms with van der Waals surface area (Å²) in [6, 6.07) is 10.4. The Morgan fingerprint density at radius 1 is 1.05 bits per heavy atom. The van der Waals surface area contributed by atoms with E-state index in [9.17, 15) is 4.79 Å². The van der Waals surface area contributed by atoms with Crippen LogP contribution in [-0.2, 0) is 10.2 Å². The first-order valence-electron chi connectivity index (χ1n) is 6.67. The van der Waals surface area contributed by atoms with E-state index in [4.69, 9.17) is 15.9 Å². The molecule has 0 unspecified atom stereocenters. The minimum absolute atomic E-state index is 0.0508. The van der Waals surface area contributed by atoms with Gasteiger partial charge in [0.2, 0.25) is 0 Å². The second-order valence-electron chi connectivity index (χ2n) is 4.84. The molecule has 1 aromatic rings. The van der Waals surface area contributed by atoms with Crippen molar-refractivity contribution in [2.24, 2.45) is 5.73 Å². The van der Waals surface area contributed by atoms with E-state index in [0.29, 0.717) is 25.2 Å². The van der Waals surface area contributed by atoms with Gasteiger partial charge in [-0.25, -0.2) is 0 Å². The van der Waals surface area contributed by atoms with Gasteiger partial charge >= 0.3 is 0 Å². The monoisotopic (exact) mass is 265 g/mol. The Balaban J connectivity index is 0.000000399. The molecular weight excluding hydrogens is 242 g/mol. The molecule has 1 fully saturated rings. The lowest BCUT2D eigenvalue weighted by Crippen LogP contribution is -2.39. The van der Waals surface area contributed by atoms with Gasteiger partial charge in [0.15, 0.2) is 0 Å². The van der Waals surface area contributed by atoms with Crippen LogP contribution in [0.1, 0.15) is 31.2 Å². The molecule has 0 spiro atoms. The van der Waals surface area contributed by atoms with Crippen LogP contribution in [0.4, 0.5) is 0 Å². The Morgan fingerprint density at radius 2 is 1.58 bits per heavy atom. The van der Waals surface area contributed by atoms with Crippen molar-refractivity contribution in [2.45, 2.75) is 31.1 Å². The molecule has 0 amide bonds. The summed E-state index contributed by atoms with van der Waals surface area (Å²) < 4.78 is 0. The average Bonchev–Trinajstić information content (AvgIpc) is 2.50. The molecule has 0 heterocycles. The first-order valence-corrected chi connectivity index (χ1v) is 6.67. The van der Waals surface area contributed by atoms with Gasteiger partial charge in [0.25, 0.3) is 0 Å². The summed E-state index contributed by atoms with van der Waals surface area (Å²) in [5, 5.41) is 15.2. The van der Waals surface area contributed by atoms with Crippen molar-refractivity contribution in [2.75, 3.05) is 19.8 Å². The third kappa shape index (κ3) is 4.42. The number of rotatable bonds is 3. The Bertz CT molecular complexity index is 366. The molecule has 0 radical (unpaired) electrons. The number of hydrogen-bond donors (Lipinski definition) is 3. The van der Waals surface area contributed by atoms with E-state index in [1.807, 2.05) is 18.2 Å². The number of benzene rings is 1. The second-order valence-corrected chi connectivity index (χ2v) is 4.84. The van der Waals surface area contributed by atoms with Crippen LogP contribution >= 0.6 is 0 Å². The Labute approximate surface area is 114 Å². The molecule has 4 N–H and O–H groups in total. The topological polar surface area (TPSA) is 83.6 Å². The zero-order valence-corrected chi connectivity index (χ0v) is 11.2. The third-order valence-electron chi connectivity index (χ3n) is 3.64. The lowest BCUT2D eigenvalue weighted by Gasteiger charge is -2.36. The van der Waals surface area contributed by atoms with Crippen molar-refractivity contribution in [1.29, 1.82) is 0 Å². The van der Waals surface area contributed by atoms with E-state index in [-0.39, 0.29) is 18.6 Å². The lowest BCUT2D eigenvalue weighted by atomic mass is 9.69. The average molecular weight is 265 g/mol. The van der Waals surface area contributed by atoms with Crippen molar-refractivity contribution < 1.29 is 15.0 Å². The summed E-state index contributed by atoms with van der Waals surface area (Å²) in [6.45, 7) is 0.393. The highest BCUT2D eigenvalue weighted by Gasteiger charge is 2.34. The van der Waals surface area contributed by atoms with E-state index in [1.54, 1.807) is 0 Å². The van der Waals surface area contributed by atoms with E-state index in [2.05, 4.69) is 12.1 Å². The molecule has 1 aliphatic carbocycles. The molecular formula is C15H23NO3. The first kappa shape index (κ1) is 15.8. The van der Waals surface area contributed by atoms with Crippen LogP contribution in [-0.4, -0.2) is 35.8 Å². The van der Waals surface area contributed by atoms with Gasteiger partial charge in [0.05, 0.1) is 13.2 Å². The highest BCUT2D eigenvalue weighted by Crippen LogP contribution is 2.37. The molecule has 106 valence electrons. The predicted molar refractivity (Wildman–Crippen MR) is 74.8 cm³/mol.